The Morgan fingerprint density at radius 1 is 1.14 bits per heavy atom. The third-order valence-electron chi connectivity index (χ3n) is 5.25. The minimum atomic E-state index is -0.385. The van der Waals surface area contributed by atoms with Gasteiger partial charge in [0.15, 0.2) is 0 Å². The Morgan fingerprint density at radius 3 is 2.52 bits per heavy atom. The minimum Gasteiger partial charge on any atom is -0.318 e. The molecule has 1 atom stereocenters. The Kier molecular flexibility index (Phi) is 3.03. The number of carbonyl (C=O) groups is 1. The predicted molar refractivity (Wildman–Crippen MR) is 78.0 cm³/mol. The van der Waals surface area contributed by atoms with Gasteiger partial charge in [-0.15, -0.1) is 0 Å². The average molecular weight is 288 g/mol. The molecular formula is C17H21FN2O. The van der Waals surface area contributed by atoms with E-state index in [1.54, 1.807) is 12.1 Å². The molecule has 0 bridgehead atoms. The van der Waals surface area contributed by atoms with E-state index in [4.69, 9.17) is 0 Å². The molecule has 1 heterocycles. The second-order valence-corrected chi connectivity index (χ2v) is 6.65. The number of carbonyl (C=O) groups excluding carboxylic acids is 1. The fraction of sp³-hybridized carbons (Fsp3) is 0.588. The molecular weight excluding hydrogens is 267 g/mol. The zero-order valence-corrected chi connectivity index (χ0v) is 12.1. The lowest BCUT2D eigenvalue weighted by Gasteiger charge is -2.35. The normalized spacial score (nSPS) is 28.3. The fourth-order valence-corrected chi connectivity index (χ4v) is 3.90. The topological polar surface area (TPSA) is 32.3 Å². The van der Waals surface area contributed by atoms with Crippen molar-refractivity contribution in [1.82, 2.24) is 10.2 Å². The molecule has 21 heavy (non-hydrogen) atoms. The van der Waals surface area contributed by atoms with Crippen molar-refractivity contribution >= 4 is 5.91 Å². The largest absolute Gasteiger partial charge is 0.318 e. The molecule has 1 saturated heterocycles. The van der Waals surface area contributed by atoms with Gasteiger partial charge in [0.1, 0.15) is 17.5 Å². The average Bonchev–Trinajstić information content (AvgIpc) is 3.23. The highest BCUT2D eigenvalue weighted by molar-refractivity contribution is 5.92. The van der Waals surface area contributed by atoms with Gasteiger partial charge in [0, 0.05) is 11.6 Å². The number of nitrogens with zero attached hydrogens (tertiary/aromatic N) is 1. The summed E-state index contributed by atoms with van der Waals surface area (Å²) in [4.78, 5) is 14.8. The lowest BCUT2D eigenvalue weighted by Crippen LogP contribution is -2.41. The molecule has 3 fully saturated rings. The minimum absolute atomic E-state index is 0.197. The number of hydrogen-bond acceptors (Lipinski definition) is 2. The first-order valence-corrected chi connectivity index (χ1v) is 8.06. The van der Waals surface area contributed by atoms with E-state index < -0.39 is 0 Å². The summed E-state index contributed by atoms with van der Waals surface area (Å²) >= 11 is 0. The predicted octanol–water partition coefficient (Wildman–Crippen LogP) is 3.12. The Bertz CT molecular complexity index is 564. The monoisotopic (exact) mass is 288 g/mol. The van der Waals surface area contributed by atoms with Crippen molar-refractivity contribution in [2.24, 2.45) is 0 Å². The van der Waals surface area contributed by atoms with Gasteiger partial charge in [-0.25, -0.2) is 4.39 Å². The molecule has 1 aromatic carbocycles. The maximum absolute atomic E-state index is 14.2. The standard InChI is InChI=1S/C17H21FN2O/c18-14-9-5-4-8-13(14)15-19-17(10-11-17)16(21)20(15)12-6-2-1-3-7-12/h4-5,8-9,12,15,19H,1-3,6-7,10-11H2. The molecule has 0 aromatic heterocycles. The first-order chi connectivity index (χ1) is 10.2. The molecule has 1 aromatic rings. The lowest BCUT2D eigenvalue weighted by molar-refractivity contribution is -0.133. The Labute approximate surface area is 124 Å². The molecule has 1 spiro atoms. The molecule has 2 aliphatic carbocycles. The molecule has 112 valence electrons. The quantitative estimate of drug-likeness (QED) is 0.907. The van der Waals surface area contributed by atoms with Crippen molar-refractivity contribution in [2.75, 3.05) is 0 Å². The van der Waals surface area contributed by atoms with Crippen LogP contribution in [-0.2, 0) is 4.79 Å². The molecule has 1 aliphatic heterocycles. The van der Waals surface area contributed by atoms with Crippen molar-refractivity contribution in [2.45, 2.75) is 62.7 Å². The van der Waals surface area contributed by atoms with E-state index in [0.717, 1.165) is 25.7 Å². The maximum Gasteiger partial charge on any atom is 0.244 e. The van der Waals surface area contributed by atoms with Crippen molar-refractivity contribution in [1.29, 1.82) is 0 Å². The summed E-state index contributed by atoms with van der Waals surface area (Å²) in [6.07, 6.45) is 7.19. The van der Waals surface area contributed by atoms with E-state index in [9.17, 15) is 9.18 Å². The molecule has 4 heteroatoms. The van der Waals surface area contributed by atoms with Crippen LogP contribution in [0.15, 0.2) is 24.3 Å². The highest BCUT2D eigenvalue weighted by atomic mass is 19.1. The number of benzene rings is 1. The van der Waals surface area contributed by atoms with E-state index in [0.29, 0.717) is 5.56 Å². The first kappa shape index (κ1) is 13.3. The number of amides is 1. The van der Waals surface area contributed by atoms with Crippen LogP contribution in [-0.4, -0.2) is 22.4 Å². The van der Waals surface area contributed by atoms with Crippen LogP contribution < -0.4 is 5.32 Å². The van der Waals surface area contributed by atoms with Gasteiger partial charge >= 0.3 is 0 Å². The molecule has 2 saturated carbocycles. The van der Waals surface area contributed by atoms with Gasteiger partial charge < -0.3 is 4.90 Å². The maximum atomic E-state index is 14.2. The van der Waals surface area contributed by atoms with Gasteiger partial charge in [-0.1, -0.05) is 37.5 Å². The zero-order valence-electron chi connectivity index (χ0n) is 12.1. The first-order valence-electron chi connectivity index (χ1n) is 8.06. The lowest BCUT2D eigenvalue weighted by atomic mass is 9.93. The third kappa shape index (κ3) is 2.08. The van der Waals surface area contributed by atoms with E-state index in [2.05, 4.69) is 5.32 Å². The van der Waals surface area contributed by atoms with Crippen LogP contribution >= 0.6 is 0 Å². The number of halogens is 1. The molecule has 4 rings (SSSR count). The third-order valence-corrected chi connectivity index (χ3v) is 5.25. The molecule has 1 unspecified atom stereocenters. The Balaban J connectivity index is 1.70. The van der Waals surface area contributed by atoms with E-state index in [-0.39, 0.29) is 29.5 Å². The molecule has 1 N–H and O–H groups in total. The summed E-state index contributed by atoms with van der Waals surface area (Å²) in [5, 5.41) is 3.43. The van der Waals surface area contributed by atoms with Gasteiger partial charge in [-0.05, 0) is 31.7 Å². The van der Waals surface area contributed by atoms with Crippen LogP contribution in [0.2, 0.25) is 0 Å². The summed E-state index contributed by atoms with van der Waals surface area (Å²) < 4.78 is 14.2. The molecule has 1 amide bonds. The van der Waals surface area contributed by atoms with Crippen molar-refractivity contribution in [3.63, 3.8) is 0 Å². The van der Waals surface area contributed by atoms with Gasteiger partial charge in [-0.3, -0.25) is 10.1 Å². The van der Waals surface area contributed by atoms with E-state index in [1.807, 2.05) is 11.0 Å². The Hall–Kier alpha value is -1.42. The van der Waals surface area contributed by atoms with Crippen LogP contribution in [0.4, 0.5) is 4.39 Å². The van der Waals surface area contributed by atoms with Crippen LogP contribution in [0.3, 0.4) is 0 Å². The van der Waals surface area contributed by atoms with Crippen molar-refractivity contribution in [3.05, 3.63) is 35.6 Å². The van der Waals surface area contributed by atoms with Crippen LogP contribution in [0.5, 0.6) is 0 Å². The van der Waals surface area contributed by atoms with Gasteiger partial charge in [0.05, 0.1) is 0 Å². The molecule has 0 radical (unpaired) electrons. The van der Waals surface area contributed by atoms with Crippen LogP contribution in [0.1, 0.15) is 56.7 Å². The van der Waals surface area contributed by atoms with Gasteiger partial charge in [0.25, 0.3) is 0 Å². The highest BCUT2D eigenvalue weighted by Crippen LogP contribution is 2.48. The SMILES string of the molecule is O=C1N(C2CCCCC2)C(c2ccccc2F)NC12CC2. The molecule has 3 aliphatic rings. The zero-order chi connectivity index (χ0) is 14.4. The van der Waals surface area contributed by atoms with Crippen molar-refractivity contribution < 1.29 is 9.18 Å². The van der Waals surface area contributed by atoms with E-state index >= 15 is 0 Å². The number of hydrogen-bond donors (Lipinski definition) is 1. The summed E-state index contributed by atoms with van der Waals surface area (Å²) in [7, 11) is 0. The second-order valence-electron chi connectivity index (χ2n) is 6.65. The van der Waals surface area contributed by atoms with Gasteiger partial charge in [0.2, 0.25) is 5.91 Å². The summed E-state index contributed by atoms with van der Waals surface area (Å²) in [5.74, 6) is -0.0241. The van der Waals surface area contributed by atoms with Crippen LogP contribution in [0, 0.1) is 5.82 Å². The Morgan fingerprint density at radius 2 is 1.86 bits per heavy atom. The summed E-state index contributed by atoms with van der Waals surface area (Å²) in [5.41, 5.74) is 0.227. The molecule has 3 nitrogen and oxygen atoms in total. The van der Waals surface area contributed by atoms with Crippen LogP contribution in [0.25, 0.3) is 0 Å². The number of nitrogens with one attached hydrogen (secondary N) is 1. The fourth-order valence-electron chi connectivity index (χ4n) is 3.90. The second kappa shape index (κ2) is 4.80. The highest BCUT2D eigenvalue weighted by Gasteiger charge is 2.60. The van der Waals surface area contributed by atoms with Crippen molar-refractivity contribution in [3.8, 4) is 0 Å². The van der Waals surface area contributed by atoms with E-state index in [1.165, 1.54) is 25.3 Å². The van der Waals surface area contributed by atoms with Gasteiger partial charge in [-0.2, -0.15) is 0 Å². The summed E-state index contributed by atoms with van der Waals surface area (Å²) in [6, 6.07) is 7.11. The summed E-state index contributed by atoms with van der Waals surface area (Å²) in [6.45, 7) is 0. The smallest absolute Gasteiger partial charge is 0.244 e. The number of rotatable bonds is 2.